The number of nitrogens with one attached hydrogen (secondary N) is 2. The topological polar surface area (TPSA) is 283 Å². The second kappa shape index (κ2) is 17.7. The first kappa shape index (κ1) is 45.5. The second-order valence-corrected chi connectivity index (χ2v) is 15.7. The molecule has 0 aliphatic rings. The number of phenols is 1. The zero-order chi connectivity index (χ0) is 36.5. The first-order valence-corrected chi connectivity index (χ1v) is 18.3. The van der Waals surface area contributed by atoms with Gasteiger partial charge in [0.2, 0.25) is 17.2 Å². The summed E-state index contributed by atoms with van der Waals surface area (Å²) in [7, 11) is -8.49. The van der Waals surface area contributed by atoms with E-state index in [1.165, 1.54) is 18.2 Å². The number of benzene rings is 3. The van der Waals surface area contributed by atoms with E-state index in [2.05, 4.69) is 57.0 Å². The Labute approximate surface area is 362 Å². The summed E-state index contributed by atoms with van der Waals surface area (Å²) in [5, 5.41) is 23.8. The van der Waals surface area contributed by atoms with Crippen LogP contribution in [0.2, 0.25) is 5.28 Å². The fourth-order valence-electron chi connectivity index (χ4n) is 4.36. The molecule has 0 unspecified atom stereocenters. The van der Waals surface area contributed by atoms with E-state index in [-0.39, 0.29) is 115 Å². The number of quaternary nitrogens is 1. The molecule has 0 aliphatic carbocycles. The number of halogens is 1. The van der Waals surface area contributed by atoms with Crippen LogP contribution < -0.4 is 15.4 Å². The Hall–Kier alpha value is -1.65. The molecular weight excluding hydrogens is 794 g/mol. The second-order valence-electron chi connectivity index (χ2n) is 11.3. The van der Waals surface area contributed by atoms with Gasteiger partial charge in [-0.15, -0.1) is 10.2 Å². The van der Waals surface area contributed by atoms with Crippen LogP contribution in [0.25, 0.3) is 10.8 Å². The van der Waals surface area contributed by atoms with Gasteiger partial charge in [0.25, 0.3) is 20.2 Å². The number of rotatable bonds is 13. The molecule has 0 aliphatic heterocycles. The molecule has 266 valence electrons. The van der Waals surface area contributed by atoms with Crippen molar-refractivity contribution in [2.24, 2.45) is 10.2 Å². The van der Waals surface area contributed by atoms with Crippen molar-refractivity contribution in [1.29, 1.82) is 0 Å². The number of aromatic nitrogens is 3. The van der Waals surface area contributed by atoms with Crippen molar-refractivity contribution in [3.8, 4) is 11.5 Å². The predicted octanol–water partition coefficient (Wildman–Crippen LogP) is 2.70. The molecule has 51 heavy (non-hydrogen) atoms. The van der Waals surface area contributed by atoms with Gasteiger partial charge < -0.3 is 29.5 Å². The molecule has 0 amide bonds. The summed E-state index contributed by atoms with van der Waals surface area (Å²) in [6.45, 7) is 1.43. The Morgan fingerprint density at radius 3 is 2.10 bits per heavy atom. The van der Waals surface area contributed by atoms with E-state index in [0.717, 1.165) is 30.6 Å². The molecular formula is C26H29ClKN8NaO11S3. The quantitative estimate of drug-likeness (QED) is 0.0426. The number of phenolic OH excluding ortho intramolecular Hbond substituents is 1. The maximum absolute atomic E-state index is 12.3. The molecule has 4 aromatic rings. The maximum Gasteiger partial charge on any atom is 0.298 e. The number of azo groups is 1. The molecule has 0 saturated carbocycles. The Balaban J connectivity index is 0.00000451. The number of hydrogen-bond donors (Lipinski definition) is 5. The molecule has 2 radical (unpaired) electrons. The van der Waals surface area contributed by atoms with Gasteiger partial charge in [0.05, 0.1) is 39.7 Å². The minimum Gasteiger partial charge on any atom is -0.744 e. The van der Waals surface area contributed by atoms with Crippen molar-refractivity contribution in [2.75, 3.05) is 52.0 Å². The molecule has 0 saturated heterocycles. The van der Waals surface area contributed by atoms with E-state index in [1.807, 2.05) is 0 Å². The van der Waals surface area contributed by atoms with Crippen LogP contribution in [0.15, 0.2) is 61.3 Å². The van der Waals surface area contributed by atoms with Crippen molar-refractivity contribution in [2.45, 2.75) is 21.1 Å². The largest absolute Gasteiger partial charge is 0.744 e. The summed E-state index contributed by atoms with van der Waals surface area (Å²) < 4.78 is 109. The van der Waals surface area contributed by atoms with Crippen molar-refractivity contribution < 1.29 is 53.2 Å². The van der Waals surface area contributed by atoms with Crippen molar-refractivity contribution in [3.05, 3.63) is 41.7 Å². The van der Waals surface area contributed by atoms with Gasteiger partial charge in [-0.25, -0.2) is 8.42 Å². The zero-order valence-corrected chi connectivity index (χ0v) is 36.3. The molecule has 1 heterocycles. The Morgan fingerprint density at radius 1 is 0.902 bits per heavy atom. The van der Waals surface area contributed by atoms with Gasteiger partial charge in [0, 0.05) is 111 Å². The average molecular weight is 823 g/mol. The normalized spacial score (nSPS) is 12.3. The maximum atomic E-state index is 12.3. The Bertz CT molecular complexity index is 2310. The summed E-state index contributed by atoms with van der Waals surface area (Å²) in [4.78, 5) is 9.17. The van der Waals surface area contributed by atoms with E-state index < -0.39 is 67.9 Å². The van der Waals surface area contributed by atoms with E-state index in [4.69, 9.17) is 16.3 Å². The summed E-state index contributed by atoms with van der Waals surface area (Å²) >= 11 is 6.07. The van der Waals surface area contributed by atoms with Crippen LogP contribution >= 0.6 is 11.6 Å². The molecule has 0 atom stereocenters. The van der Waals surface area contributed by atoms with Gasteiger partial charge in [-0.05, 0) is 47.3 Å². The molecule has 19 nitrogen and oxygen atoms in total. The zero-order valence-electron chi connectivity index (χ0n) is 28.0. The average Bonchev–Trinajstić information content (AvgIpc) is 2.96. The molecule has 1 aromatic heterocycles. The van der Waals surface area contributed by atoms with Crippen LogP contribution in [0, 0.1) is 0 Å². The SMILES string of the molecule is COc1cc(S(=O)(=O)O)c(N=Nc2c(S(=O)(=O)[O-])cc3cc(Nc4nc(Cl)nc(NCCC[N+](C)(C)C)n4)ccc3c2O)cc1S(=O)(=O)O.[K].[Na]. The summed E-state index contributed by atoms with van der Waals surface area (Å²) in [6.07, 6.45) is 0.809. The monoisotopic (exact) mass is 822 g/mol. The number of nitrogens with zero attached hydrogens (tertiary/aromatic N) is 6. The summed E-state index contributed by atoms with van der Waals surface area (Å²) in [6, 6.07) is 5.92. The molecule has 4 rings (SSSR count). The van der Waals surface area contributed by atoms with Gasteiger partial charge in [0.15, 0.2) is 5.75 Å². The van der Waals surface area contributed by atoms with Crippen LogP contribution in [0.5, 0.6) is 11.5 Å². The number of anilines is 3. The molecule has 5 N–H and O–H groups in total. The minimum absolute atomic E-state index is 0. The van der Waals surface area contributed by atoms with Crippen molar-refractivity contribution >= 4 is 163 Å². The molecule has 3 aromatic carbocycles. The number of ether oxygens (including phenoxy) is 1. The van der Waals surface area contributed by atoms with Crippen LogP contribution in [0.3, 0.4) is 0 Å². The third kappa shape index (κ3) is 12.2. The van der Waals surface area contributed by atoms with Crippen molar-refractivity contribution in [1.82, 2.24) is 15.0 Å². The predicted molar refractivity (Wildman–Crippen MR) is 186 cm³/mol. The third-order valence-corrected chi connectivity index (χ3v) is 9.31. The summed E-state index contributed by atoms with van der Waals surface area (Å²) in [5.74, 6) is -1.38. The van der Waals surface area contributed by atoms with Crippen molar-refractivity contribution in [3.63, 3.8) is 0 Å². The third-order valence-electron chi connectivity index (χ3n) is 6.53. The number of methoxy groups -OCH3 is 1. The fourth-order valence-corrected chi connectivity index (χ4v) is 6.45. The minimum atomic E-state index is -5.40. The van der Waals surface area contributed by atoms with E-state index >= 15 is 0 Å². The number of fused-ring (bicyclic) bond motifs is 1. The molecule has 25 heteroatoms. The Kier molecular flexibility index (Phi) is 15.8. The molecule has 0 bridgehead atoms. The standard InChI is InChI=1S/C26H29ClN8O11S3.K.Na/c1-35(2,3)9-5-8-28-25-30-24(27)31-26(32-25)29-15-6-7-16-14(10-15)11-21(49(43,44)45)22(23(16)36)34-33-17-12-20(48(40,41)42)18(46-4)13-19(17)47(37,38)39;;/h6-7,10-13H,5,8-9H2,1-4H3,(H5-,28,29,30,31,32,33,36,37,38,39,40,41,42,43,44,45);;. The van der Waals surface area contributed by atoms with Gasteiger partial charge in [-0.3, -0.25) is 9.11 Å². The van der Waals surface area contributed by atoms with Crippen LogP contribution in [-0.2, 0) is 30.4 Å². The van der Waals surface area contributed by atoms with E-state index in [9.17, 15) is 44.0 Å². The van der Waals surface area contributed by atoms with Crippen LogP contribution in [0.1, 0.15) is 6.42 Å². The fraction of sp³-hybridized carbons (Fsp3) is 0.269. The van der Waals surface area contributed by atoms with Gasteiger partial charge in [-0.1, -0.05) is 0 Å². The van der Waals surface area contributed by atoms with E-state index in [0.29, 0.717) is 18.7 Å². The van der Waals surface area contributed by atoms with Gasteiger partial charge in [-0.2, -0.15) is 31.8 Å². The molecule has 0 spiro atoms. The van der Waals surface area contributed by atoms with Crippen LogP contribution in [0.4, 0.5) is 29.0 Å². The summed E-state index contributed by atoms with van der Waals surface area (Å²) in [5.41, 5.74) is -1.61. The first-order valence-electron chi connectivity index (χ1n) is 13.6. The van der Waals surface area contributed by atoms with Gasteiger partial charge >= 0.3 is 0 Å². The number of aromatic hydroxyl groups is 1. The molecule has 0 fully saturated rings. The Morgan fingerprint density at radius 2 is 1.53 bits per heavy atom. The van der Waals surface area contributed by atoms with E-state index in [1.54, 1.807) is 0 Å². The van der Waals surface area contributed by atoms with Crippen LogP contribution in [-0.4, -0.2) is 186 Å². The van der Waals surface area contributed by atoms with Gasteiger partial charge in [0.1, 0.15) is 37.0 Å². The smallest absolute Gasteiger partial charge is 0.298 e. The first-order chi connectivity index (χ1) is 22.6. The number of hydrogen-bond acceptors (Lipinski definition) is 16.